The number of rotatable bonds is 3. The Kier molecular flexibility index (Phi) is 3.31. The normalized spacial score (nSPS) is 13.9. The van der Waals surface area contributed by atoms with Gasteiger partial charge in [-0.2, -0.15) is 5.10 Å². The van der Waals surface area contributed by atoms with Crippen LogP contribution in [0.1, 0.15) is 12.1 Å². The van der Waals surface area contributed by atoms with Crippen molar-refractivity contribution in [3.63, 3.8) is 0 Å². The standard InChI is InChI=1S/C18H16N2O2S/c21-23(22,15-10-5-2-6-11-15)18-17(14-8-3-1-4-9-14)16-12-7-13-20(16)19-18/h1-6,8-11H,7,12-13H2. The third-order valence-corrected chi connectivity index (χ3v) is 5.87. The van der Waals surface area contributed by atoms with E-state index in [9.17, 15) is 8.42 Å². The third kappa shape index (κ3) is 2.28. The maximum Gasteiger partial charge on any atom is 0.226 e. The molecule has 1 aliphatic rings. The fourth-order valence-electron chi connectivity index (χ4n) is 3.10. The molecular weight excluding hydrogens is 308 g/mol. The molecule has 4 rings (SSSR count). The maximum absolute atomic E-state index is 13.1. The van der Waals surface area contributed by atoms with Crippen LogP contribution < -0.4 is 0 Å². The molecule has 1 aromatic heterocycles. The molecule has 0 unspecified atom stereocenters. The number of nitrogens with zero attached hydrogens (tertiary/aromatic N) is 2. The zero-order chi connectivity index (χ0) is 15.9. The molecule has 0 bridgehead atoms. The Morgan fingerprint density at radius 2 is 1.57 bits per heavy atom. The lowest BCUT2D eigenvalue weighted by Crippen LogP contribution is -2.05. The predicted molar refractivity (Wildman–Crippen MR) is 87.9 cm³/mol. The van der Waals surface area contributed by atoms with Gasteiger partial charge in [-0.3, -0.25) is 4.68 Å². The van der Waals surface area contributed by atoms with Crippen molar-refractivity contribution in [3.8, 4) is 11.1 Å². The van der Waals surface area contributed by atoms with Crippen molar-refractivity contribution in [3.05, 3.63) is 66.4 Å². The van der Waals surface area contributed by atoms with E-state index in [-0.39, 0.29) is 9.92 Å². The van der Waals surface area contributed by atoms with E-state index in [1.54, 1.807) is 24.3 Å². The molecular formula is C18H16N2O2S. The largest absolute Gasteiger partial charge is 0.268 e. The highest BCUT2D eigenvalue weighted by Gasteiger charge is 2.31. The monoisotopic (exact) mass is 324 g/mol. The molecule has 5 heteroatoms. The molecule has 2 heterocycles. The SMILES string of the molecule is O=S(=O)(c1ccccc1)c1nn2c(c1-c1ccccc1)CCC2. The van der Waals surface area contributed by atoms with Crippen LogP contribution in [0.2, 0.25) is 0 Å². The summed E-state index contributed by atoms with van der Waals surface area (Å²) in [4.78, 5) is 0.286. The van der Waals surface area contributed by atoms with Gasteiger partial charge in [0.25, 0.3) is 0 Å². The van der Waals surface area contributed by atoms with Gasteiger partial charge in [-0.05, 0) is 30.5 Å². The van der Waals surface area contributed by atoms with E-state index in [4.69, 9.17) is 0 Å². The van der Waals surface area contributed by atoms with Crippen molar-refractivity contribution < 1.29 is 8.42 Å². The summed E-state index contributed by atoms with van der Waals surface area (Å²) < 4.78 is 28.0. The number of aryl methyl sites for hydroxylation is 1. The minimum absolute atomic E-state index is 0.171. The average Bonchev–Trinajstić information content (AvgIpc) is 3.17. The number of hydrogen-bond acceptors (Lipinski definition) is 3. The Morgan fingerprint density at radius 3 is 2.26 bits per heavy atom. The molecule has 0 aliphatic carbocycles. The Labute approximate surface area is 135 Å². The molecule has 4 nitrogen and oxygen atoms in total. The van der Waals surface area contributed by atoms with Crippen LogP contribution in [0, 0.1) is 0 Å². The molecule has 0 fully saturated rings. The van der Waals surface area contributed by atoms with E-state index in [1.807, 2.05) is 41.1 Å². The van der Waals surface area contributed by atoms with Gasteiger partial charge in [-0.25, -0.2) is 8.42 Å². The first-order valence-electron chi connectivity index (χ1n) is 7.63. The second-order valence-corrected chi connectivity index (χ2v) is 7.50. The van der Waals surface area contributed by atoms with Crippen LogP contribution in [0.15, 0.2) is 70.6 Å². The lowest BCUT2D eigenvalue weighted by molar-refractivity contribution is 0.581. The van der Waals surface area contributed by atoms with Gasteiger partial charge >= 0.3 is 0 Å². The molecule has 2 aromatic carbocycles. The Morgan fingerprint density at radius 1 is 0.913 bits per heavy atom. The highest BCUT2D eigenvalue weighted by Crippen LogP contribution is 2.36. The van der Waals surface area contributed by atoms with Crippen molar-refractivity contribution >= 4 is 9.84 Å². The van der Waals surface area contributed by atoms with Gasteiger partial charge in [0.15, 0.2) is 5.03 Å². The third-order valence-electron chi connectivity index (χ3n) is 4.18. The van der Waals surface area contributed by atoms with E-state index in [0.29, 0.717) is 0 Å². The van der Waals surface area contributed by atoms with Crippen LogP contribution in [-0.2, 0) is 22.8 Å². The van der Waals surface area contributed by atoms with Crippen molar-refractivity contribution in [1.29, 1.82) is 0 Å². The van der Waals surface area contributed by atoms with Gasteiger partial charge < -0.3 is 0 Å². The molecule has 3 aromatic rings. The molecule has 1 aliphatic heterocycles. The van der Waals surface area contributed by atoms with Crippen LogP contribution in [-0.4, -0.2) is 18.2 Å². The van der Waals surface area contributed by atoms with Crippen LogP contribution in [0.25, 0.3) is 11.1 Å². The summed E-state index contributed by atoms with van der Waals surface area (Å²) in [6.07, 6.45) is 1.87. The van der Waals surface area contributed by atoms with Crippen LogP contribution >= 0.6 is 0 Å². The summed E-state index contributed by atoms with van der Waals surface area (Å²) in [6.45, 7) is 0.777. The molecule has 0 saturated carbocycles. The number of aromatic nitrogens is 2. The van der Waals surface area contributed by atoms with Gasteiger partial charge in [-0.1, -0.05) is 48.5 Å². The Balaban J connectivity index is 1.97. The maximum atomic E-state index is 13.1. The van der Waals surface area contributed by atoms with Crippen molar-refractivity contribution in [2.75, 3.05) is 0 Å². The molecule has 116 valence electrons. The number of benzene rings is 2. The molecule has 0 radical (unpaired) electrons. The summed E-state index contributed by atoms with van der Waals surface area (Å²) in [5, 5.41) is 4.61. The van der Waals surface area contributed by atoms with Crippen LogP contribution in [0.5, 0.6) is 0 Å². The van der Waals surface area contributed by atoms with E-state index in [1.165, 1.54) is 0 Å². The summed E-state index contributed by atoms with van der Waals surface area (Å²) in [5.74, 6) is 0. The highest BCUT2D eigenvalue weighted by atomic mass is 32.2. The first-order chi connectivity index (χ1) is 11.2. The molecule has 0 amide bonds. The van der Waals surface area contributed by atoms with E-state index in [0.717, 1.165) is 36.2 Å². The zero-order valence-electron chi connectivity index (χ0n) is 12.5. The number of fused-ring (bicyclic) bond motifs is 1. The molecule has 23 heavy (non-hydrogen) atoms. The smallest absolute Gasteiger partial charge is 0.226 e. The summed E-state index contributed by atoms with van der Waals surface area (Å²) in [7, 11) is -3.63. The van der Waals surface area contributed by atoms with E-state index in [2.05, 4.69) is 5.10 Å². The minimum atomic E-state index is -3.63. The van der Waals surface area contributed by atoms with Crippen molar-refractivity contribution in [2.24, 2.45) is 0 Å². The summed E-state index contributed by atoms with van der Waals surface area (Å²) >= 11 is 0. The van der Waals surface area contributed by atoms with Gasteiger partial charge in [0.2, 0.25) is 9.84 Å². The second kappa shape index (κ2) is 5.35. The predicted octanol–water partition coefficient (Wildman–Crippen LogP) is 3.33. The van der Waals surface area contributed by atoms with Crippen molar-refractivity contribution in [2.45, 2.75) is 29.3 Å². The van der Waals surface area contributed by atoms with E-state index >= 15 is 0 Å². The second-order valence-electron chi connectivity index (χ2n) is 5.64. The zero-order valence-corrected chi connectivity index (χ0v) is 13.3. The minimum Gasteiger partial charge on any atom is -0.268 e. The fraction of sp³-hybridized carbons (Fsp3) is 0.167. The quantitative estimate of drug-likeness (QED) is 0.742. The highest BCUT2D eigenvalue weighted by molar-refractivity contribution is 7.91. The average molecular weight is 324 g/mol. The molecule has 0 saturated heterocycles. The number of hydrogen-bond donors (Lipinski definition) is 0. The topological polar surface area (TPSA) is 52.0 Å². The summed E-state index contributed by atoms with van der Waals surface area (Å²) in [5.41, 5.74) is 2.68. The van der Waals surface area contributed by atoms with E-state index < -0.39 is 9.84 Å². The van der Waals surface area contributed by atoms with Gasteiger partial charge in [0.05, 0.1) is 4.90 Å². The molecule has 0 N–H and O–H groups in total. The van der Waals surface area contributed by atoms with Crippen molar-refractivity contribution in [1.82, 2.24) is 9.78 Å². The molecule has 0 spiro atoms. The lowest BCUT2D eigenvalue weighted by atomic mass is 10.1. The van der Waals surface area contributed by atoms with Gasteiger partial charge in [0, 0.05) is 17.8 Å². The van der Waals surface area contributed by atoms with Gasteiger partial charge in [-0.15, -0.1) is 0 Å². The molecule has 0 atom stereocenters. The van der Waals surface area contributed by atoms with Crippen LogP contribution in [0.4, 0.5) is 0 Å². The first-order valence-corrected chi connectivity index (χ1v) is 9.11. The lowest BCUT2D eigenvalue weighted by Gasteiger charge is -2.06. The fourth-order valence-corrected chi connectivity index (χ4v) is 4.55. The first kappa shape index (κ1) is 14.2. The summed E-state index contributed by atoms with van der Waals surface area (Å²) in [6, 6.07) is 18.2. The van der Waals surface area contributed by atoms with Crippen LogP contribution in [0.3, 0.4) is 0 Å². The Hall–Kier alpha value is -2.40. The van der Waals surface area contributed by atoms with Gasteiger partial charge in [0.1, 0.15) is 0 Å². The Bertz CT molecular complexity index is 945. The number of sulfone groups is 1.